The Hall–Kier alpha value is -2.62. The van der Waals surface area contributed by atoms with Crippen molar-refractivity contribution in [3.05, 3.63) is 87.4 Å². The molecule has 0 fully saturated rings. The van der Waals surface area contributed by atoms with Crippen molar-refractivity contribution in [3.8, 4) is 11.5 Å². The van der Waals surface area contributed by atoms with E-state index in [1.807, 2.05) is 48.5 Å². The van der Waals surface area contributed by atoms with Crippen molar-refractivity contribution in [2.24, 2.45) is 0 Å². The molecular formula is C23H18ClNOS. The lowest BCUT2D eigenvalue weighted by Crippen LogP contribution is -1.84. The number of ether oxygens (including phenoxy) is 1. The van der Waals surface area contributed by atoms with Crippen LogP contribution in [0.25, 0.3) is 22.4 Å². The number of hydrogen-bond donors (Lipinski definition) is 0. The van der Waals surface area contributed by atoms with Crippen LogP contribution in [0.2, 0.25) is 5.02 Å². The zero-order chi connectivity index (χ0) is 18.8. The van der Waals surface area contributed by atoms with Crippen molar-refractivity contribution in [2.75, 3.05) is 0 Å². The Morgan fingerprint density at radius 1 is 0.889 bits per heavy atom. The third-order valence-corrected chi connectivity index (χ3v) is 5.58. The average molecular weight is 392 g/mol. The zero-order valence-corrected chi connectivity index (χ0v) is 16.6. The van der Waals surface area contributed by atoms with Crippen LogP contribution in [-0.4, -0.2) is 4.98 Å². The summed E-state index contributed by atoms with van der Waals surface area (Å²) in [5.74, 6) is 1.55. The maximum absolute atomic E-state index is 5.92. The van der Waals surface area contributed by atoms with Crippen LogP contribution in [0.4, 0.5) is 0 Å². The van der Waals surface area contributed by atoms with Gasteiger partial charge in [-0.2, -0.15) is 0 Å². The SMILES string of the molecule is Cc1cc2nc(C=Cc3cccc(Oc4ccc(Cl)cc4)c3)sc2cc1C. The second kappa shape index (κ2) is 7.55. The number of nitrogens with zero attached hydrogens (tertiary/aromatic N) is 1. The molecule has 0 amide bonds. The van der Waals surface area contributed by atoms with Crippen molar-refractivity contribution >= 4 is 45.3 Å². The van der Waals surface area contributed by atoms with Crippen LogP contribution in [0.3, 0.4) is 0 Å². The first-order chi connectivity index (χ1) is 13.1. The summed E-state index contributed by atoms with van der Waals surface area (Å²) in [4.78, 5) is 4.72. The number of rotatable bonds is 4. The second-order valence-electron chi connectivity index (χ2n) is 6.42. The fraction of sp³-hybridized carbons (Fsp3) is 0.0870. The third kappa shape index (κ3) is 4.21. The summed E-state index contributed by atoms with van der Waals surface area (Å²) in [6.45, 7) is 4.26. The predicted molar refractivity (Wildman–Crippen MR) is 116 cm³/mol. The molecule has 0 atom stereocenters. The molecule has 3 aromatic carbocycles. The van der Waals surface area contributed by atoms with Gasteiger partial charge in [-0.05, 0) is 85.1 Å². The highest BCUT2D eigenvalue weighted by molar-refractivity contribution is 7.19. The highest BCUT2D eigenvalue weighted by Gasteiger charge is 2.04. The topological polar surface area (TPSA) is 22.1 Å². The van der Waals surface area contributed by atoms with Gasteiger partial charge >= 0.3 is 0 Å². The summed E-state index contributed by atoms with van der Waals surface area (Å²) in [6.07, 6.45) is 4.11. The molecule has 0 unspecified atom stereocenters. The minimum atomic E-state index is 0.695. The van der Waals surface area contributed by atoms with E-state index in [1.54, 1.807) is 11.3 Å². The molecule has 0 aliphatic carbocycles. The van der Waals surface area contributed by atoms with Crippen LogP contribution in [0.15, 0.2) is 60.7 Å². The molecule has 1 heterocycles. The van der Waals surface area contributed by atoms with E-state index in [4.69, 9.17) is 21.3 Å². The summed E-state index contributed by atoms with van der Waals surface area (Å²) in [5, 5.41) is 1.69. The van der Waals surface area contributed by atoms with Gasteiger partial charge in [0.05, 0.1) is 10.2 Å². The summed E-state index contributed by atoms with van der Waals surface area (Å²) in [5.41, 5.74) is 4.69. The van der Waals surface area contributed by atoms with Gasteiger partial charge in [-0.15, -0.1) is 11.3 Å². The second-order valence-corrected chi connectivity index (χ2v) is 7.92. The van der Waals surface area contributed by atoms with Crippen molar-refractivity contribution < 1.29 is 4.74 Å². The summed E-state index contributed by atoms with van der Waals surface area (Å²) < 4.78 is 7.11. The molecule has 27 heavy (non-hydrogen) atoms. The molecule has 0 saturated heterocycles. The van der Waals surface area contributed by atoms with Gasteiger partial charge in [0.25, 0.3) is 0 Å². The van der Waals surface area contributed by atoms with Crippen LogP contribution in [0.5, 0.6) is 11.5 Å². The largest absolute Gasteiger partial charge is 0.457 e. The van der Waals surface area contributed by atoms with Crippen molar-refractivity contribution in [3.63, 3.8) is 0 Å². The Balaban J connectivity index is 1.54. The number of aryl methyl sites for hydroxylation is 2. The van der Waals surface area contributed by atoms with Gasteiger partial charge in [-0.3, -0.25) is 0 Å². The molecule has 1 aromatic heterocycles. The molecule has 4 heteroatoms. The standard InChI is InChI=1S/C23H18ClNOS/c1-15-12-21-22(13-16(15)2)27-23(25-21)11-6-17-4-3-5-20(14-17)26-19-9-7-18(24)8-10-19/h3-14H,1-2H3. The lowest BCUT2D eigenvalue weighted by molar-refractivity contribution is 0.482. The molecule has 0 N–H and O–H groups in total. The van der Waals surface area contributed by atoms with E-state index < -0.39 is 0 Å². The minimum absolute atomic E-state index is 0.695. The number of thiazole rings is 1. The minimum Gasteiger partial charge on any atom is -0.457 e. The van der Waals surface area contributed by atoms with Gasteiger partial charge in [0, 0.05) is 5.02 Å². The summed E-state index contributed by atoms with van der Waals surface area (Å²) in [7, 11) is 0. The maximum atomic E-state index is 5.92. The number of hydrogen-bond acceptors (Lipinski definition) is 3. The Morgan fingerprint density at radius 3 is 2.48 bits per heavy atom. The molecule has 0 aliphatic rings. The molecule has 134 valence electrons. The van der Waals surface area contributed by atoms with Crippen LogP contribution in [0.1, 0.15) is 21.7 Å². The van der Waals surface area contributed by atoms with Gasteiger partial charge in [-0.1, -0.05) is 29.8 Å². The van der Waals surface area contributed by atoms with Crippen molar-refractivity contribution in [1.82, 2.24) is 4.98 Å². The Labute approximate surface area is 167 Å². The fourth-order valence-electron chi connectivity index (χ4n) is 2.76. The highest BCUT2D eigenvalue weighted by Crippen LogP contribution is 2.27. The lowest BCUT2D eigenvalue weighted by atomic mass is 10.1. The molecule has 2 nitrogen and oxygen atoms in total. The predicted octanol–water partition coefficient (Wildman–Crippen LogP) is 7.53. The maximum Gasteiger partial charge on any atom is 0.128 e. The molecule has 0 aliphatic heterocycles. The van der Waals surface area contributed by atoms with E-state index >= 15 is 0 Å². The summed E-state index contributed by atoms with van der Waals surface area (Å²) in [6, 6.07) is 19.7. The van der Waals surface area contributed by atoms with E-state index in [9.17, 15) is 0 Å². The van der Waals surface area contributed by atoms with E-state index in [1.165, 1.54) is 15.8 Å². The smallest absolute Gasteiger partial charge is 0.128 e. The Kier molecular flexibility index (Phi) is 4.97. The molecule has 0 bridgehead atoms. The first kappa shape index (κ1) is 17.8. The molecule has 0 saturated carbocycles. The average Bonchev–Trinajstić information content (AvgIpc) is 3.04. The fourth-order valence-corrected chi connectivity index (χ4v) is 3.83. The highest BCUT2D eigenvalue weighted by atomic mass is 35.5. The van der Waals surface area contributed by atoms with Crippen LogP contribution in [0, 0.1) is 13.8 Å². The number of fused-ring (bicyclic) bond motifs is 1. The molecule has 0 radical (unpaired) electrons. The third-order valence-electron chi connectivity index (χ3n) is 4.35. The molecule has 4 aromatic rings. The van der Waals surface area contributed by atoms with Crippen molar-refractivity contribution in [1.29, 1.82) is 0 Å². The Bertz CT molecular complexity index is 1090. The van der Waals surface area contributed by atoms with Crippen LogP contribution >= 0.6 is 22.9 Å². The van der Waals surface area contributed by atoms with E-state index in [0.717, 1.165) is 27.6 Å². The molecule has 0 spiro atoms. The first-order valence-corrected chi connectivity index (χ1v) is 9.86. The van der Waals surface area contributed by atoms with Gasteiger partial charge in [0.2, 0.25) is 0 Å². The van der Waals surface area contributed by atoms with Crippen LogP contribution < -0.4 is 4.74 Å². The summed E-state index contributed by atoms with van der Waals surface area (Å²) >= 11 is 7.62. The van der Waals surface area contributed by atoms with E-state index in [-0.39, 0.29) is 0 Å². The van der Waals surface area contributed by atoms with Crippen LogP contribution in [-0.2, 0) is 0 Å². The Morgan fingerprint density at radius 2 is 1.67 bits per heavy atom. The number of halogens is 1. The number of benzene rings is 3. The van der Waals surface area contributed by atoms with Gasteiger partial charge < -0.3 is 4.74 Å². The van der Waals surface area contributed by atoms with Gasteiger partial charge in [0.15, 0.2) is 0 Å². The monoisotopic (exact) mass is 391 g/mol. The van der Waals surface area contributed by atoms with E-state index in [2.05, 4.69) is 38.1 Å². The normalized spacial score (nSPS) is 11.4. The van der Waals surface area contributed by atoms with Gasteiger partial charge in [-0.25, -0.2) is 4.98 Å². The molecule has 4 rings (SSSR count). The molecular weight excluding hydrogens is 374 g/mol. The first-order valence-electron chi connectivity index (χ1n) is 8.66. The quantitative estimate of drug-likeness (QED) is 0.358. The van der Waals surface area contributed by atoms with E-state index in [0.29, 0.717) is 5.02 Å². The number of aromatic nitrogens is 1. The zero-order valence-electron chi connectivity index (χ0n) is 15.1. The lowest BCUT2D eigenvalue weighted by Gasteiger charge is -2.06. The van der Waals surface area contributed by atoms with Gasteiger partial charge in [0.1, 0.15) is 16.5 Å². The van der Waals surface area contributed by atoms with Crippen molar-refractivity contribution in [2.45, 2.75) is 13.8 Å².